The van der Waals surface area contributed by atoms with Crippen molar-refractivity contribution in [3.05, 3.63) is 17.6 Å². The van der Waals surface area contributed by atoms with E-state index < -0.39 is 0 Å². The minimum Gasteiger partial charge on any atom is -0.368 e. The molecular formula is C15H23N5O2. The smallest absolute Gasteiger partial charge is 0.272 e. The SMILES string of the molecule is CCC(C)Nc1cc(C(=O)N2CCN(C=O)CC2)nc(C)n1. The predicted molar refractivity (Wildman–Crippen MR) is 83.7 cm³/mol. The van der Waals surface area contributed by atoms with Crippen LogP contribution in [0.2, 0.25) is 0 Å². The molecule has 1 unspecified atom stereocenters. The lowest BCUT2D eigenvalue weighted by Crippen LogP contribution is -2.48. The number of anilines is 1. The molecule has 1 saturated heterocycles. The summed E-state index contributed by atoms with van der Waals surface area (Å²) in [4.78, 5) is 35.3. The molecule has 2 amide bonds. The Balaban J connectivity index is 2.10. The zero-order chi connectivity index (χ0) is 16.1. The van der Waals surface area contributed by atoms with Crippen LogP contribution in [0.25, 0.3) is 0 Å². The Labute approximate surface area is 130 Å². The van der Waals surface area contributed by atoms with E-state index in [4.69, 9.17) is 0 Å². The van der Waals surface area contributed by atoms with Gasteiger partial charge in [-0.15, -0.1) is 0 Å². The molecular weight excluding hydrogens is 282 g/mol. The van der Waals surface area contributed by atoms with Crippen molar-refractivity contribution in [3.8, 4) is 0 Å². The molecule has 7 nitrogen and oxygen atoms in total. The third-order valence-corrected chi connectivity index (χ3v) is 3.81. The number of rotatable bonds is 5. The first-order valence-corrected chi connectivity index (χ1v) is 7.64. The summed E-state index contributed by atoms with van der Waals surface area (Å²) >= 11 is 0. The fourth-order valence-electron chi connectivity index (χ4n) is 2.30. The van der Waals surface area contributed by atoms with Gasteiger partial charge in [0.2, 0.25) is 6.41 Å². The number of amides is 2. The van der Waals surface area contributed by atoms with Crippen LogP contribution in [0.3, 0.4) is 0 Å². The molecule has 0 radical (unpaired) electrons. The molecule has 0 saturated carbocycles. The van der Waals surface area contributed by atoms with Crippen LogP contribution in [0, 0.1) is 6.92 Å². The van der Waals surface area contributed by atoms with Gasteiger partial charge in [0.15, 0.2) is 0 Å². The van der Waals surface area contributed by atoms with Crippen LogP contribution in [0.5, 0.6) is 0 Å². The summed E-state index contributed by atoms with van der Waals surface area (Å²) in [6.45, 7) is 8.14. The van der Waals surface area contributed by atoms with E-state index in [0.29, 0.717) is 43.5 Å². The highest BCUT2D eigenvalue weighted by molar-refractivity contribution is 5.93. The van der Waals surface area contributed by atoms with Crippen LogP contribution in [0.15, 0.2) is 6.07 Å². The van der Waals surface area contributed by atoms with Crippen molar-refractivity contribution >= 4 is 18.1 Å². The van der Waals surface area contributed by atoms with Crippen molar-refractivity contribution in [2.24, 2.45) is 0 Å². The summed E-state index contributed by atoms with van der Waals surface area (Å²) in [5.74, 6) is 1.14. The van der Waals surface area contributed by atoms with Gasteiger partial charge in [0.25, 0.3) is 5.91 Å². The van der Waals surface area contributed by atoms with Crippen molar-refractivity contribution in [1.29, 1.82) is 0 Å². The number of aryl methyl sites for hydroxylation is 1. The first-order chi connectivity index (χ1) is 10.5. The molecule has 7 heteroatoms. The van der Waals surface area contributed by atoms with Crippen molar-refractivity contribution in [2.45, 2.75) is 33.2 Å². The van der Waals surface area contributed by atoms with E-state index in [9.17, 15) is 9.59 Å². The molecule has 1 aliphatic rings. The van der Waals surface area contributed by atoms with Crippen LogP contribution in [-0.4, -0.2) is 64.3 Å². The van der Waals surface area contributed by atoms with Crippen molar-refractivity contribution in [2.75, 3.05) is 31.5 Å². The molecule has 2 rings (SSSR count). The lowest BCUT2D eigenvalue weighted by Gasteiger charge is -2.32. The van der Waals surface area contributed by atoms with Gasteiger partial charge in [-0.2, -0.15) is 0 Å². The van der Waals surface area contributed by atoms with Gasteiger partial charge in [-0.1, -0.05) is 6.92 Å². The van der Waals surface area contributed by atoms with Gasteiger partial charge >= 0.3 is 0 Å². The molecule has 22 heavy (non-hydrogen) atoms. The number of piperazine rings is 1. The van der Waals surface area contributed by atoms with E-state index in [2.05, 4.69) is 29.1 Å². The third kappa shape index (κ3) is 3.93. The number of carbonyl (C=O) groups is 2. The monoisotopic (exact) mass is 305 g/mol. The van der Waals surface area contributed by atoms with E-state index in [-0.39, 0.29) is 11.9 Å². The van der Waals surface area contributed by atoms with Gasteiger partial charge in [0, 0.05) is 38.3 Å². The topological polar surface area (TPSA) is 78.4 Å². The average Bonchev–Trinajstić information content (AvgIpc) is 2.53. The molecule has 0 aromatic carbocycles. The van der Waals surface area contributed by atoms with Crippen molar-refractivity contribution in [3.63, 3.8) is 0 Å². The lowest BCUT2D eigenvalue weighted by molar-refractivity contribution is -0.119. The second-order valence-corrected chi connectivity index (χ2v) is 5.57. The highest BCUT2D eigenvalue weighted by Crippen LogP contribution is 2.12. The number of nitrogens with one attached hydrogen (secondary N) is 1. The maximum atomic E-state index is 12.6. The maximum absolute atomic E-state index is 12.6. The standard InChI is InChI=1S/C15H23N5O2/c1-4-11(2)16-14-9-13(17-12(3)18-14)15(22)20-7-5-19(10-21)6-8-20/h9-11H,4-8H2,1-3H3,(H,16,17,18). The zero-order valence-corrected chi connectivity index (χ0v) is 13.4. The molecule has 120 valence electrons. The van der Waals surface area contributed by atoms with Crippen molar-refractivity contribution < 1.29 is 9.59 Å². The Morgan fingerprint density at radius 3 is 2.64 bits per heavy atom. The highest BCUT2D eigenvalue weighted by Gasteiger charge is 2.23. The zero-order valence-electron chi connectivity index (χ0n) is 13.4. The molecule has 0 bridgehead atoms. The van der Waals surface area contributed by atoms with Crippen LogP contribution in [0.4, 0.5) is 5.82 Å². The first-order valence-electron chi connectivity index (χ1n) is 7.64. The highest BCUT2D eigenvalue weighted by atomic mass is 16.2. The number of hydrogen-bond acceptors (Lipinski definition) is 5. The molecule has 1 aromatic heterocycles. The summed E-state index contributed by atoms with van der Waals surface area (Å²) in [6.07, 6.45) is 1.80. The fraction of sp³-hybridized carbons (Fsp3) is 0.600. The largest absolute Gasteiger partial charge is 0.368 e. The van der Waals surface area contributed by atoms with E-state index in [0.717, 1.165) is 12.8 Å². The van der Waals surface area contributed by atoms with Gasteiger partial charge in [-0.05, 0) is 20.3 Å². The number of carbonyl (C=O) groups excluding carboxylic acids is 2. The molecule has 0 spiro atoms. The van der Waals surface area contributed by atoms with Crippen LogP contribution < -0.4 is 5.32 Å². The number of nitrogens with zero attached hydrogens (tertiary/aromatic N) is 4. The second-order valence-electron chi connectivity index (χ2n) is 5.57. The Kier molecular flexibility index (Phi) is 5.30. The number of hydrogen-bond donors (Lipinski definition) is 1. The average molecular weight is 305 g/mol. The van der Waals surface area contributed by atoms with Gasteiger partial charge in [-0.25, -0.2) is 9.97 Å². The van der Waals surface area contributed by atoms with Gasteiger partial charge in [0.05, 0.1) is 0 Å². The first kappa shape index (κ1) is 16.2. The molecule has 1 fully saturated rings. The van der Waals surface area contributed by atoms with Gasteiger partial charge in [0.1, 0.15) is 17.3 Å². The molecule has 1 atom stereocenters. The van der Waals surface area contributed by atoms with Crippen LogP contribution >= 0.6 is 0 Å². The third-order valence-electron chi connectivity index (χ3n) is 3.81. The molecule has 0 aliphatic carbocycles. The predicted octanol–water partition coefficient (Wildman–Crippen LogP) is 0.910. The Hall–Kier alpha value is -2.18. The summed E-state index contributed by atoms with van der Waals surface area (Å²) in [7, 11) is 0. The Bertz CT molecular complexity index is 541. The van der Waals surface area contributed by atoms with Crippen LogP contribution in [0.1, 0.15) is 36.6 Å². The molecule has 1 aromatic rings. The second kappa shape index (κ2) is 7.20. The van der Waals surface area contributed by atoms with E-state index >= 15 is 0 Å². The number of aromatic nitrogens is 2. The summed E-state index contributed by atoms with van der Waals surface area (Å²) < 4.78 is 0. The molecule has 2 heterocycles. The summed E-state index contributed by atoms with van der Waals surface area (Å²) in [5.41, 5.74) is 0.401. The van der Waals surface area contributed by atoms with E-state index in [1.165, 1.54) is 0 Å². The minimum atomic E-state index is -0.108. The minimum absolute atomic E-state index is 0.108. The quantitative estimate of drug-likeness (QED) is 0.818. The Morgan fingerprint density at radius 1 is 1.36 bits per heavy atom. The van der Waals surface area contributed by atoms with Crippen molar-refractivity contribution in [1.82, 2.24) is 19.8 Å². The fourth-order valence-corrected chi connectivity index (χ4v) is 2.30. The lowest BCUT2D eigenvalue weighted by atomic mass is 10.2. The van der Waals surface area contributed by atoms with E-state index in [1.54, 1.807) is 22.8 Å². The Morgan fingerprint density at radius 2 is 2.05 bits per heavy atom. The molecule has 1 aliphatic heterocycles. The van der Waals surface area contributed by atoms with Crippen LogP contribution in [-0.2, 0) is 4.79 Å². The summed E-state index contributed by atoms with van der Waals surface area (Å²) in [5, 5.41) is 3.27. The molecule has 1 N–H and O–H groups in total. The summed E-state index contributed by atoms with van der Waals surface area (Å²) in [6, 6.07) is 1.99. The van der Waals surface area contributed by atoms with Gasteiger partial charge in [-0.3, -0.25) is 9.59 Å². The maximum Gasteiger partial charge on any atom is 0.272 e. The normalized spacial score (nSPS) is 16.3. The van der Waals surface area contributed by atoms with E-state index in [1.807, 2.05) is 0 Å². The van der Waals surface area contributed by atoms with Gasteiger partial charge < -0.3 is 15.1 Å².